The van der Waals surface area contributed by atoms with E-state index >= 15 is 0 Å². The van der Waals surface area contributed by atoms with Crippen LogP contribution in [0.3, 0.4) is 0 Å². The van der Waals surface area contributed by atoms with Crippen molar-refractivity contribution in [3.63, 3.8) is 0 Å². The molecule has 0 radical (unpaired) electrons. The highest BCUT2D eigenvalue weighted by atomic mass is 35.5. The number of hydrogen-bond donors (Lipinski definition) is 2. The summed E-state index contributed by atoms with van der Waals surface area (Å²) in [5.74, 6) is 0. The van der Waals surface area contributed by atoms with Crippen LogP contribution in [0.4, 0.5) is 0 Å². The van der Waals surface area contributed by atoms with Crippen molar-refractivity contribution in [3.8, 4) is 0 Å². The number of thiophene rings is 2. The molecule has 2 unspecified atom stereocenters. The molecule has 140 valence electrons. The maximum absolute atomic E-state index is 12.1. The van der Waals surface area contributed by atoms with Crippen LogP contribution in [0.1, 0.15) is 32.0 Å². The van der Waals surface area contributed by atoms with Crippen LogP contribution in [-0.4, -0.2) is 10.2 Å². The molecule has 1 aliphatic rings. The summed E-state index contributed by atoms with van der Waals surface area (Å²) in [6.07, 6.45) is 0. The standard InChI is InChI=1S/C22H14Cl2O2S2/c23-15-7-1-5-13-19(15)22(26,18-10-4-12-28-18)14-6-2-8-16(24)20(14)21(13,25)17-9-3-11-27-17/h1-12,25-26H. The molecule has 2 heterocycles. The molecule has 0 saturated carbocycles. The van der Waals surface area contributed by atoms with Gasteiger partial charge in [-0.1, -0.05) is 59.6 Å². The molecule has 0 spiro atoms. The predicted molar refractivity (Wildman–Crippen MR) is 116 cm³/mol. The van der Waals surface area contributed by atoms with Crippen LogP contribution in [-0.2, 0) is 11.2 Å². The summed E-state index contributed by atoms with van der Waals surface area (Å²) in [5, 5.41) is 28.9. The fourth-order valence-corrected chi connectivity index (χ4v) is 6.45. The molecule has 0 fully saturated rings. The normalized spacial score (nSPS) is 23.3. The Morgan fingerprint density at radius 2 is 1.04 bits per heavy atom. The molecule has 28 heavy (non-hydrogen) atoms. The lowest BCUT2D eigenvalue weighted by molar-refractivity contribution is 0.0788. The van der Waals surface area contributed by atoms with Gasteiger partial charge < -0.3 is 10.2 Å². The molecule has 0 saturated heterocycles. The van der Waals surface area contributed by atoms with Gasteiger partial charge in [-0.3, -0.25) is 0 Å². The summed E-state index contributed by atoms with van der Waals surface area (Å²) >= 11 is 16.2. The van der Waals surface area contributed by atoms with Crippen molar-refractivity contribution in [2.45, 2.75) is 11.2 Å². The van der Waals surface area contributed by atoms with Crippen LogP contribution in [0.25, 0.3) is 0 Å². The number of benzene rings is 2. The minimum absolute atomic E-state index is 0.397. The van der Waals surface area contributed by atoms with Crippen LogP contribution in [0.5, 0.6) is 0 Å². The maximum atomic E-state index is 12.1. The van der Waals surface area contributed by atoms with Gasteiger partial charge in [0.05, 0.1) is 0 Å². The highest BCUT2D eigenvalue weighted by Crippen LogP contribution is 2.57. The summed E-state index contributed by atoms with van der Waals surface area (Å²) in [5.41, 5.74) is -0.954. The van der Waals surface area contributed by atoms with E-state index in [1.165, 1.54) is 22.7 Å². The topological polar surface area (TPSA) is 40.5 Å². The summed E-state index contributed by atoms with van der Waals surface area (Å²) in [4.78, 5) is 1.44. The first-order valence-corrected chi connectivity index (χ1v) is 11.1. The lowest BCUT2D eigenvalue weighted by Crippen LogP contribution is -2.44. The molecule has 2 N–H and O–H groups in total. The maximum Gasteiger partial charge on any atom is 0.151 e. The number of halogens is 2. The molecule has 0 aliphatic heterocycles. The molecule has 2 atom stereocenters. The van der Waals surface area contributed by atoms with Gasteiger partial charge in [-0.15, -0.1) is 22.7 Å². The Kier molecular flexibility index (Phi) is 4.22. The van der Waals surface area contributed by atoms with Gasteiger partial charge in [-0.25, -0.2) is 0 Å². The Morgan fingerprint density at radius 1 is 0.607 bits per heavy atom. The molecule has 1 aliphatic carbocycles. The quantitative estimate of drug-likeness (QED) is 0.398. The second-order valence-electron chi connectivity index (χ2n) is 6.70. The van der Waals surface area contributed by atoms with Crippen LogP contribution in [0, 0.1) is 0 Å². The molecule has 6 heteroatoms. The zero-order valence-corrected chi connectivity index (χ0v) is 17.5. The largest absolute Gasteiger partial charge is 0.375 e. The second kappa shape index (κ2) is 6.42. The zero-order chi connectivity index (χ0) is 19.5. The third-order valence-electron chi connectivity index (χ3n) is 5.29. The Morgan fingerprint density at radius 3 is 1.39 bits per heavy atom. The van der Waals surface area contributed by atoms with E-state index in [1.54, 1.807) is 24.3 Å². The Hall–Kier alpha value is -1.66. The summed E-state index contributed by atoms with van der Waals surface area (Å²) in [7, 11) is 0. The van der Waals surface area contributed by atoms with Crippen molar-refractivity contribution in [1.29, 1.82) is 0 Å². The van der Waals surface area contributed by atoms with Gasteiger partial charge in [0.2, 0.25) is 0 Å². The Labute approximate surface area is 180 Å². The molecule has 2 nitrogen and oxygen atoms in total. The van der Waals surface area contributed by atoms with Crippen LogP contribution in [0.2, 0.25) is 10.0 Å². The van der Waals surface area contributed by atoms with E-state index in [2.05, 4.69) is 0 Å². The third kappa shape index (κ3) is 2.28. The smallest absolute Gasteiger partial charge is 0.151 e. The minimum Gasteiger partial charge on any atom is -0.375 e. The fraction of sp³-hybridized carbons (Fsp3) is 0.0909. The highest BCUT2D eigenvalue weighted by molar-refractivity contribution is 7.10. The lowest BCUT2D eigenvalue weighted by atomic mass is 9.66. The Bertz CT molecular complexity index is 1080. The zero-order valence-electron chi connectivity index (χ0n) is 14.4. The van der Waals surface area contributed by atoms with E-state index in [-0.39, 0.29) is 0 Å². The number of aliphatic hydroxyl groups is 2. The van der Waals surface area contributed by atoms with E-state index in [0.29, 0.717) is 32.3 Å². The first kappa shape index (κ1) is 18.4. The van der Waals surface area contributed by atoms with Gasteiger partial charge in [0.15, 0.2) is 11.2 Å². The van der Waals surface area contributed by atoms with Gasteiger partial charge in [0.25, 0.3) is 0 Å². The van der Waals surface area contributed by atoms with Crippen molar-refractivity contribution in [3.05, 3.63) is 113 Å². The van der Waals surface area contributed by atoms with Crippen molar-refractivity contribution >= 4 is 45.9 Å². The number of hydrogen-bond acceptors (Lipinski definition) is 4. The van der Waals surface area contributed by atoms with Gasteiger partial charge in [-0.2, -0.15) is 0 Å². The third-order valence-corrected chi connectivity index (χ3v) is 7.87. The molecular weight excluding hydrogens is 431 g/mol. The molecular formula is C22H14Cl2O2S2. The second-order valence-corrected chi connectivity index (χ2v) is 9.41. The van der Waals surface area contributed by atoms with Crippen LogP contribution < -0.4 is 0 Å². The molecule has 2 aromatic heterocycles. The highest BCUT2D eigenvalue weighted by Gasteiger charge is 2.53. The molecule has 0 bridgehead atoms. The minimum atomic E-state index is -1.51. The fourth-order valence-electron chi connectivity index (χ4n) is 4.14. The lowest BCUT2D eigenvalue weighted by Gasteiger charge is -2.44. The van der Waals surface area contributed by atoms with E-state index < -0.39 is 11.2 Å². The monoisotopic (exact) mass is 444 g/mol. The molecule has 5 rings (SSSR count). The Balaban J connectivity index is 1.99. The van der Waals surface area contributed by atoms with Crippen molar-refractivity contribution in [1.82, 2.24) is 0 Å². The van der Waals surface area contributed by atoms with E-state index in [9.17, 15) is 10.2 Å². The van der Waals surface area contributed by atoms with E-state index in [4.69, 9.17) is 23.2 Å². The van der Waals surface area contributed by atoms with Crippen molar-refractivity contribution in [2.24, 2.45) is 0 Å². The van der Waals surface area contributed by atoms with Crippen LogP contribution >= 0.6 is 45.9 Å². The van der Waals surface area contributed by atoms with Gasteiger partial charge >= 0.3 is 0 Å². The summed E-state index contributed by atoms with van der Waals surface area (Å²) < 4.78 is 0. The van der Waals surface area contributed by atoms with Crippen molar-refractivity contribution in [2.75, 3.05) is 0 Å². The van der Waals surface area contributed by atoms with E-state index in [0.717, 1.165) is 9.75 Å². The molecule has 4 aromatic rings. The number of rotatable bonds is 2. The van der Waals surface area contributed by atoms with Crippen molar-refractivity contribution < 1.29 is 10.2 Å². The average Bonchev–Trinajstić information content (AvgIpc) is 3.40. The first-order valence-electron chi connectivity index (χ1n) is 8.60. The first-order chi connectivity index (χ1) is 13.5. The van der Waals surface area contributed by atoms with Gasteiger partial charge in [0.1, 0.15) is 0 Å². The molecule has 0 amide bonds. The SMILES string of the molecule is OC1(c2cccs2)c2cccc(Cl)c2C(O)(c2cccs2)c2cccc(Cl)c21. The van der Waals surface area contributed by atoms with E-state index in [1.807, 2.05) is 47.2 Å². The number of fused-ring (bicyclic) bond motifs is 2. The molecule has 2 aromatic carbocycles. The predicted octanol–water partition coefficient (Wildman–Crippen LogP) is 6.00. The summed E-state index contributed by atoms with van der Waals surface area (Å²) in [6, 6.07) is 18.2. The average molecular weight is 445 g/mol. The van der Waals surface area contributed by atoms with Gasteiger partial charge in [-0.05, 0) is 35.0 Å². The van der Waals surface area contributed by atoms with Gasteiger partial charge in [0, 0.05) is 42.1 Å². The van der Waals surface area contributed by atoms with Crippen LogP contribution in [0.15, 0.2) is 71.4 Å². The summed E-state index contributed by atoms with van der Waals surface area (Å²) in [6.45, 7) is 0.